The Labute approximate surface area is 125 Å². The minimum Gasteiger partial charge on any atom is -0.357 e. The van der Waals surface area contributed by atoms with E-state index in [1.807, 2.05) is 0 Å². The minimum atomic E-state index is 0.446. The number of aromatic amines is 1. The van der Waals surface area contributed by atoms with Crippen LogP contribution < -0.4 is 5.32 Å². The number of fused-ring (bicyclic) bond motifs is 3. The quantitative estimate of drug-likeness (QED) is 0.732. The molecule has 1 aliphatic rings. The summed E-state index contributed by atoms with van der Waals surface area (Å²) in [5.74, 6) is 0. The lowest BCUT2D eigenvalue weighted by Crippen LogP contribution is -2.24. The summed E-state index contributed by atoms with van der Waals surface area (Å²) in [6.07, 6.45) is 3.68. The second-order valence-corrected chi connectivity index (χ2v) is 5.87. The first-order valence-electron chi connectivity index (χ1n) is 7.78. The van der Waals surface area contributed by atoms with Crippen molar-refractivity contribution in [2.75, 3.05) is 0 Å². The Kier molecular flexibility index (Phi) is 3.24. The van der Waals surface area contributed by atoms with Crippen LogP contribution in [0.25, 0.3) is 10.9 Å². The first-order chi connectivity index (χ1) is 10.4. The van der Waals surface area contributed by atoms with E-state index in [1.165, 1.54) is 47.0 Å². The standard InChI is InChI=1S/C19H20N2/c1-2-7-14(8-3-1)13-20-18-12-6-10-16-15-9-4-5-11-17(15)21-19(16)18/h1-5,7-9,11,18,20-21H,6,10,12-13H2/t18-/m0/s1. The van der Waals surface area contributed by atoms with Gasteiger partial charge in [-0.05, 0) is 36.5 Å². The Morgan fingerprint density at radius 1 is 1.00 bits per heavy atom. The average molecular weight is 276 g/mol. The number of hydrogen-bond acceptors (Lipinski definition) is 1. The van der Waals surface area contributed by atoms with Gasteiger partial charge in [0.2, 0.25) is 0 Å². The molecule has 0 saturated carbocycles. The Bertz CT molecular complexity index is 743. The molecule has 0 amide bonds. The summed E-state index contributed by atoms with van der Waals surface area (Å²) in [7, 11) is 0. The molecule has 1 heterocycles. The molecule has 1 atom stereocenters. The molecule has 0 aliphatic heterocycles. The molecule has 2 heteroatoms. The van der Waals surface area contributed by atoms with Crippen molar-refractivity contribution in [1.29, 1.82) is 0 Å². The van der Waals surface area contributed by atoms with Gasteiger partial charge in [0.15, 0.2) is 0 Å². The Hall–Kier alpha value is -2.06. The molecule has 3 aromatic rings. The molecule has 1 aromatic heterocycles. The number of benzene rings is 2. The Morgan fingerprint density at radius 2 is 1.81 bits per heavy atom. The van der Waals surface area contributed by atoms with Gasteiger partial charge in [0.25, 0.3) is 0 Å². The van der Waals surface area contributed by atoms with Crippen molar-refractivity contribution in [3.8, 4) is 0 Å². The van der Waals surface area contributed by atoms with E-state index in [1.54, 1.807) is 0 Å². The number of rotatable bonds is 3. The zero-order chi connectivity index (χ0) is 14.1. The van der Waals surface area contributed by atoms with Gasteiger partial charge in [0.1, 0.15) is 0 Å². The van der Waals surface area contributed by atoms with Crippen LogP contribution in [0.5, 0.6) is 0 Å². The van der Waals surface area contributed by atoms with Crippen molar-refractivity contribution in [3.05, 3.63) is 71.4 Å². The van der Waals surface area contributed by atoms with Crippen molar-refractivity contribution >= 4 is 10.9 Å². The van der Waals surface area contributed by atoms with Gasteiger partial charge in [-0.15, -0.1) is 0 Å². The van der Waals surface area contributed by atoms with Gasteiger partial charge in [-0.25, -0.2) is 0 Å². The van der Waals surface area contributed by atoms with Gasteiger partial charge < -0.3 is 10.3 Å². The summed E-state index contributed by atoms with van der Waals surface area (Å²) in [4.78, 5) is 3.64. The molecule has 0 radical (unpaired) electrons. The molecule has 0 fully saturated rings. The zero-order valence-corrected chi connectivity index (χ0v) is 12.1. The van der Waals surface area contributed by atoms with Crippen molar-refractivity contribution in [2.45, 2.75) is 31.8 Å². The summed E-state index contributed by atoms with van der Waals surface area (Å²) in [5.41, 5.74) is 5.54. The van der Waals surface area contributed by atoms with Gasteiger partial charge in [-0.1, -0.05) is 48.5 Å². The molecule has 2 N–H and O–H groups in total. The van der Waals surface area contributed by atoms with Crippen molar-refractivity contribution < 1.29 is 0 Å². The Morgan fingerprint density at radius 3 is 2.71 bits per heavy atom. The lowest BCUT2D eigenvalue weighted by atomic mass is 9.91. The van der Waals surface area contributed by atoms with E-state index in [9.17, 15) is 0 Å². The summed E-state index contributed by atoms with van der Waals surface area (Å²) in [6.45, 7) is 0.931. The fourth-order valence-corrected chi connectivity index (χ4v) is 3.46. The summed E-state index contributed by atoms with van der Waals surface area (Å²) >= 11 is 0. The number of para-hydroxylation sites is 1. The van der Waals surface area contributed by atoms with Crippen LogP contribution >= 0.6 is 0 Å². The maximum Gasteiger partial charge on any atom is 0.0478 e. The van der Waals surface area contributed by atoms with Gasteiger partial charge in [0, 0.05) is 29.2 Å². The molecule has 106 valence electrons. The summed E-state index contributed by atoms with van der Waals surface area (Å²) in [6, 6.07) is 19.8. The van der Waals surface area contributed by atoms with Crippen LogP contribution in [0.15, 0.2) is 54.6 Å². The van der Waals surface area contributed by atoms with Crippen LogP contribution in [0.1, 0.15) is 35.7 Å². The molecule has 1 aliphatic carbocycles. The maximum absolute atomic E-state index is 3.72. The lowest BCUT2D eigenvalue weighted by molar-refractivity contribution is 0.452. The predicted molar refractivity (Wildman–Crippen MR) is 87.3 cm³/mol. The molecule has 0 bridgehead atoms. The third-order valence-corrected chi connectivity index (χ3v) is 4.51. The molecule has 4 rings (SSSR count). The predicted octanol–water partition coefficient (Wildman–Crippen LogP) is 4.34. The highest BCUT2D eigenvalue weighted by atomic mass is 14.9. The lowest BCUT2D eigenvalue weighted by Gasteiger charge is -2.24. The molecule has 0 saturated heterocycles. The first-order valence-corrected chi connectivity index (χ1v) is 7.78. The van der Waals surface area contributed by atoms with Crippen LogP contribution in [0.3, 0.4) is 0 Å². The number of H-pyrrole nitrogens is 1. The second kappa shape index (κ2) is 5.38. The normalized spacial score (nSPS) is 17.8. The number of nitrogens with one attached hydrogen (secondary N) is 2. The fourth-order valence-electron chi connectivity index (χ4n) is 3.46. The molecule has 21 heavy (non-hydrogen) atoms. The van der Waals surface area contributed by atoms with Gasteiger partial charge in [-0.3, -0.25) is 0 Å². The van der Waals surface area contributed by atoms with E-state index >= 15 is 0 Å². The highest BCUT2D eigenvalue weighted by molar-refractivity contribution is 5.85. The van der Waals surface area contributed by atoms with E-state index in [2.05, 4.69) is 64.9 Å². The van der Waals surface area contributed by atoms with E-state index < -0.39 is 0 Å². The highest BCUT2D eigenvalue weighted by Gasteiger charge is 2.23. The average Bonchev–Trinajstić information content (AvgIpc) is 2.93. The van der Waals surface area contributed by atoms with Crippen LogP contribution in [-0.4, -0.2) is 4.98 Å². The first kappa shape index (κ1) is 12.7. The number of hydrogen-bond donors (Lipinski definition) is 2. The minimum absolute atomic E-state index is 0.446. The van der Waals surface area contributed by atoms with E-state index in [-0.39, 0.29) is 0 Å². The van der Waals surface area contributed by atoms with Crippen molar-refractivity contribution in [1.82, 2.24) is 10.3 Å². The largest absolute Gasteiger partial charge is 0.357 e. The van der Waals surface area contributed by atoms with Crippen LogP contribution in [0.4, 0.5) is 0 Å². The fraction of sp³-hybridized carbons (Fsp3) is 0.263. The topological polar surface area (TPSA) is 27.8 Å². The maximum atomic E-state index is 3.72. The third kappa shape index (κ3) is 2.36. The van der Waals surface area contributed by atoms with E-state index in [0.717, 1.165) is 6.54 Å². The van der Waals surface area contributed by atoms with Crippen LogP contribution in [0.2, 0.25) is 0 Å². The molecule has 0 unspecified atom stereocenters. The molecule has 2 nitrogen and oxygen atoms in total. The van der Waals surface area contributed by atoms with E-state index in [0.29, 0.717) is 6.04 Å². The van der Waals surface area contributed by atoms with Gasteiger partial charge >= 0.3 is 0 Å². The SMILES string of the molecule is c1ccc(CN[C@H]2CCCc3c2[nH]c2ccccc32)cc1. The number of aromatic nitrogens is 1. The third-order valence-electron chi connectivity index (χ3n) is 4.51. The highest BCUT2D eigenvalue weighted by Crippen LogP contribution is 2.34. The molecule has 0 spiro atoms. The smallest absolute Gasteiger partial charge is 0.0478 e. The monoisotopic (exact) mass is 276 g/mol. The van der Waals surface area contributed by atoms with Crippen LogP contribution in [0, 0.1) is 0 Å². The number of aryl methyl sites for hydroxylation is 1. The summed E-state index contributed by atoms with van der Waals surface area (Å²) in [5, 5.41) is 5.13. The van der Waals surface area contributed by atoms with Crippen molar-refractivity contribution in [3.63, 3.8) is 0 Å². The Balaban J connectivity index is 1.61. The summed E-state index contributed by atoms with van der Waals surface area (Å²) < 4.78 is 0. The molecular weight excluding hydrogens is 256 g/mol. The molecule has 2 aromatic carbocycles. The zero-order valence-electron chi connectivity index (χ0n) is 12.1. The van der Waals surface area contributed by atoms with Gasteiger partial charge in [0.05, 0.1) is 0 Å². The van der Waals surface area contributed by atoms with Crippen LogP contribution in [-0.2, 0) is 13.0 Å². The van der Waals surface area contributed by atoms with Crippen molar-refractivity contribution in [2.24, 2.45) is 0 Å². The van der Waals surface area contributed by atoms with Gasteiger partial charge in [-0.2, -0.15) is 0 Å². The second-order valence-electron chi connectivity index (χ2n) is 5.87. The van der Waals surface area contributed by atoms with E-state index in [4.69, 9.17) is 0 Å². The molecular formula is C19H20N2.